The minimum Gasteiger partial charge on any atom is -0.461 e. The van der Waals surface area contributed by atoms with E-state index in [0.717, 1.165) is 17.6 Å². The summed E-state index contributed by atoms with van der Waals surface area (Å²) in [6.45, 7) is 7.89. The molecule has 1 aromatic carbocycles. The predicted octanol–water partition coefficient (Wildman–Crippen LogP) is 3.05. The van der Waals surface area contributed by atoms with Crippen LogP contribution in [0.3, 0.4) is 0 Å². The van der Waals surface area contributed by atoms with Crippen molar-refractivity contribution >= 4 is 5.97 Å². The van der Waals surface area contributed by atoms with Crippen LogP contribution in [-0.2, 0) is 16.0 Å². The molecular formula is C14H18O2. The first-order valence-corrected chi connectivity index (χ1v) is 5.43. The molecule has 0 radical (unpaired) electrons. The fraction of sp³-hybridized carbons (Fsp3) is 0.357. The summed E-state index contributed by atoms with van der Waals surface area (Å²) >= 11 is 0. The number of carbonyl (C=O) groups excluding carboxylic acids is 1. The standard InChI is InChI=1S/C14H18O2/c1-11(2)10-16-14(15)9-8-13-6-4-12(3)5-7-13/h4-7H,1,8-10H2,2-3H3. The van der Waals surface area contributed by atoms with Crippen molar-refractivity contribution < 1.29 is 9.53 Å². The van der Waals surface area contributed by atoms with Crippen LogP contribution in [0.15, 0.2) is 36.4 Å². The topological polar surface area (TPSA) is 26.3 Å². The predicted molar refractivity (Wildman–Crippen MR) is 65.3 cm³/mol. The minimum atomic E-state index is -0.163. The van der Waals surface area contributed by atoms with Gasteiger partial charge in [0.1, 0.15) is 6.61 Å². The highest BCUT2D eigenvalue weighted by Gasteiger charge is 2.03. The Hall–Kier alpha value is -1.57. The molecule has 2 heteroatoms. The Labute approximate surface area is 96.9 Å². The molecule has 0 saturated carbocycles. The highest BCUT2D eigenvalue weighted by Crippen LogP contribution is 2.06. The molecule has 1 rings (SSSR count). The lowest BCUT2D eigenvalue weighted by Gasteiger charge is -2.04. The zero-order valence-corrected chi connectivity index (χ0v) is 9.95. The zero-order chi connectivity index (χ0) is 12.0. The van der Waals surface area contributed by atoms with E-state index in [1.807, 2.05) is 26.0 Å². The van der Waals surface area contributed by atoms with Crippen molar-refractivity contribution in [1.29, 1.82) is 0 Å². The fourth-order valence-corrected chi connectivity index (χ4v) is 1.28. The van der Waals surface area contributed by atoms with E-state index < -0.39 is 0 Å². The van der Waals surface area contributed by atoms with Gasteiger partial charge in [0.25, 0.3) is 0 Å². The van der Waals surface area contributed by atoms with Crippen LogP contribution < -0.4 is 0 Å². The van der Waals surface area contributed by atoms with Crippen LogP contribution in [0.25, 0.3) is 0 Å². The molecule has 0 saturated heterocycles. The molecule has 0 bridgehead atoms. The minimum absolute atomic E-state index is 0.163. The van der Waals surface area contributed by atoms with Gasteiger partial charge in [-0.2, -0.15) is 0 Å². The van der Waals surface area contributed by atoms with E-state index in [1.54, 1.807) is 0 Å². The average Bonchev–Trinajstić information content (AvgIpc) is 2.25. The second kappa shape index (κ2) is 6.11. The van der Waals surface area contributed by atoms with Gasteiger partial charge in [-0.1, -0.05) is 36.4 Å². The van der Waals surface area contributed by atoms with E-state index in [0.29, 0.717) is 13.0 Å². The van der Waals surface area contributed by atoms with Gasteiger partial charge in [-0.25, -0.2) is 0 Å². The largest absolute Gasteiger partial charge is 0.461 e. The van der Waals surface area contributed by atoms with Crippen molar-refractivity contribution in [2.24, 2.45) is 0 Å². The highest BCUT2D eigenvalue weighted by atomic mass is 16.5. The van der Waals surface area contributed by atoms with E-state index in [-0.39, 0.29) is 5.97 Å². The molecule has 0 aliphatic heterocycles. The van der Waals surface area contributed by atoms with E-state index in [1.165, 1.54) is 5.56 Å². The quantitative estimate of drug-likeness (QED) is 0.561. The fourth-order valence-electron chi connectivity index (χ4n) is 1.28. The molecule has 0 fully saturated rings. The van der Waals surface area contributed by atoms with Gasteiger partial charge < -0.3 is 4.74 Å². The average molecular weight is 218 g/mol. The second-order valence-electron chi connectivity index (χ2n) is 4.10. The summed E-state index contributed by atoms with van der Waals surface area (Å²) in [6, 6.07) is 8.19. The van der Waals surface area contributed by atoms with Gasteiger partial charge in [0.2, 0.25) is 0 Å². The maximum atomic E-state index is 11.3. The Bertz CT molecular complexity index is 363. The van der Waals surface area contributed by atoms with E-state index in [2.05, 4.69) is 18.7 Å². The Morgan fingerprint density at radius 3 is 2.50 bits per heavy atom. The number of benzene rings is 1. The lowest BCUT2D eigenvalue weighted by Crippen LogP contribution is -2.07. The third kappa shape index (κ3) is 4.78. The van der Waals surface area contributed by atoms with Gasteiger partial charge in [0.15, 0.2) is 0 Å². The van der Waals surface area contributed by atoms with E-state index in [4.69, 9.17) is 4.74 Å². The summed E-state index contributed by atoms with van der Waals surface area (Å²) in [6.07, 6.45) is 1.16. The normalized spacial score (nSPS) is 9.88. The highest BCUT2D eigenvalue weighted by molar-refractivity contribution is 5.69. The Morgan fingerprint density at radius 2 is 1.94 bits per heavy atom. The molecule has 0 unspecified atom stereocenters. The number of carbonyl (C=O) groups is 1. The number of aryl methyl sites for hydroxylation is 2. The molecule has 0 amide bonds. The first-order chi connectivity index (χ1) is 7.58. The van der Waals surface area contributed by atoms with Crippen LogP contribution in [0.2, 0.25) is 0 Å². The molecular weight excluding hydrogens is 200 g/mol. The van der Waals surface area contributed by atoms with Crippen LogP contribution in [0.1, 0.15) is 24.5 Å². The molecule has 0 atom stereocenters. The molecule has 0 aliphatic rings. The van der Waals surface area contributed by atoms with Gasteiger partial charge in [-0.05, 0) is 31.4 Å². The molecule has 2 nitrogen and oxygen atoms in total. The summed E-state index contributed by atoms with van der Waals surface area (Å²) in [4.78, 5) is 11.3. The van der Waals surface area contributed by atoms with Crippen LogP contribution in [-0.4, -0.2) is 12.6 Å². The first kappa shape index (κ1) is 12.5. The summed E-state index contributed by atoms with van der Waals surface area (Å²) in [7, 11) is 0. The van der Waals surface area contributed by atoms with Crippen molar-refractivity contribution in [3.63, 3.8) is 0 Å². The van der Waals surface area contributed by atoms with Crippen LogP contribution in [0.5, 0.6) is 0 Å². The summed E-state index contributed by atoms with van der Waals surface area (Å²) < 4.78 is 5.01. The van der Waals surface area contributed by atoms with Crippen molar-refractivity contribution in [3.05, 3.63) is 47.5 Å². The van der Waals surface area contributed by atoms with Crippen molar-refractivity contribution in [2.45, 2.75) is 26.7 Å². The number of esters is 1. The molecule has 0 aliphatic carbocycles. The molecule has 0 N–H and O–H groups in total. The lowest BCUT2D eigenvalue weighted by molar-refractivity contribution is -0.142. The zero-order valence-electron chi connectivity index (χ0n) is 9.95. The Kier molecular flexibility index (Phi) is 4.77. The third-order valence-corrected chi connectivity index (χ3v) is 2.22. The van der Waals surface area contributed by atoms with Gasteiger partial charge in [0, 0.05) is 6.42 Å². The van der Waals surface area contributed by atoms with Gasteiger partial charge in [0.05, 0.1) is 0 Å². The van der Waals surface area contributed by atoms with Crippen LogP contribution in [0, 0.1) is 6.92 Å². The van der Waals surface area contributed by atoms with E-state index >= 15 is 0 Å². The maximum absolute atomic E-state index is 11.3. The summed E-state index contributed by atoms with van der Waals surface area (Å²) in [5.41, 5.74) is 3.26. The third-order valence-electron chi connectivity index (χ3n) is 2.22. The SMILES string of the molecule is C=C(C)COC(=O)CCc1ccc(C)cc1. The number of ether oxygens (including phenoxy) is 1. The van der Waals surface area contributed by atoms with Gasteiger partial charge >= 0.3 is 5.97 Å². The summed E-state index contributed by atoms with van der Waals surface area (Å²) in [5, 5.41) is 0. The van der Waals surface area contributed by atoms with Crippen LogP contribution >= 0.6 is 0 Å². The molecule has 16 heavy (non-hydrogen) atoms. The molecule has 86 valence electrons. The Balaban J connectivity index is 2.31. The van der Waals surface area contributed by atoms with Crippen molar-refractivity contribution in [1.82, 2.24) is 0 Å². The molecule has 1 aromatic rings. The summed E-state index contributed by atoms with van der Waals surface area (Å²) in [5.74, 6) is -0.163. The van der Waals surface area contributed by atoms with Gasteiger partial charge in [-0.3, -0.25) is 4.79 Å². The molecule has 0 aromatic heterocycles. The lowest BCUT2D eigenvalue weighted by atomic mass is 10.1. The van der Waals surface area contributed by atoms with Crippen molar-refractivity contribution in [2.75, 3.05) is 6.61 Å². The van der Waals surface area contributed by atoms with Crippen LogP contribution in [0.4, 0.5) is 0 Å². The first-order valence-electron chi connectivity index (χ1n) is 5.43. The maximum Gasteiger partial charge on any atom is 0.306 e. The smallest absolute Gasteiger partial charge is 0.306 e. The Morgan fingerprint density at radius 1 is 1.31 bits per heavy atom. The van der Waals surface area contributed by atoms with Crippen molar-refractivity contribution in [3.8, 4) is 0 Å². The molecule has 0 spiro atoms. The number of rotatable bonds is 5. The number of hydrogen-bond acceptors (Lipinski definition) is 2. The van der Waals surface area contributed by atoms with Gasteiger partial charge in [-0.15, -0.1) is 0 Å². The van der Waals surface area contributed by atoms with E-state index in [9.17, 15) is 4.79 Å². The molecule has 0 heterocycles. The number of hydrogen-bond donors (Lipinski definition) is 0. The second-order valence-corrected chi connectivity index (χ2v) is 4.10. The monoisotopic (exact) mass is 218 g/mol.